The normalized spacial score (nSPS) is 15.1. The molecule has 5 heteroatoms. The fraction of sp³-hybridized carbons (Fsp3) is 0.200. The number of benzene rings is 4. The Hall–Kier alpha value is -3.28. The maximum atomic E-state index is 2.62. The van der Waals surface area contributed by atoms with Crippen molar-refractivity contribution >= 4 is 69.3 Å². The Balaban J connectivity index is 1.41. The molecule has 0 bridgehead atoms. The molecule has 3 heterocycles. The third kappa shape index (κ3) is 3.60. The van der Waals surface area contributed by atoms with Crippen LogP contribution in [0.1, 0.15) is 36.6 Å². The number of fused-ring (bicyclic) bond motifs is 7. The predicted octanol–water partition coefficient (Wildman–Crippen LogP) is 7.05. The second-order valence-corrected chi connectivity index (χ2v) is 13.5. The lowest BCUT2D eigenvalue weighted by molar-refractivity contribution is 0.666. The first kappa shape index (κ1) is 24.5. The summed E-state index contributed by atoms with van der Waals surface area (Å²) in [7, 11) is 4.26. The molecule has 1 aliphatic carbocycles. The van der Waals surface area contributed by atoms with Crippen molar-refractivity contribution in [2.45, 2.75) is 52.2 Å². The molecule has 0 N–H and O–H groups in total. The first-order chi connectivity index (χ1) is 19.6. The summed E-state index contributed by atoms with van der Waals surface area (Å²) >= 11 is 3.92. The molecule has 0 atom stereocenters. The number of para-hydroxylation sites is 1. The molecule has 2 nitrogen and oxygen atoms in total. The zero-order valence-electron chi connectivity index (χ0n) is 23.2. The van der Waals surface area contributed by atoms with Crippen molar-refractivity contribution in [3.05, 3.63) is 95.7 Å². The lowest BCUT2D eigenvalue weighted by Crippen LogP contribution is -2.58. The molecule has 0 saturated carbocycles. The molecular weight excluding hydrogens is 523 g/mol. The van der Waals surface area contributed by atoms with Gasteiger partial charge in [-0.05, 0) is 85.6 Å². The van der Waals surface area contributed by atoms with Crippen LogP contribution in [-0.2, 0) is 12.8 Å². The number of aryl methyl sites for hydroxylation is 1. The fourth-order valence-electron chi connectivity index (χ4n) is 7.03. The highest BCUT2D eigenvalue weighted by Gasteiger charge is 2.39. The number of anilines is 1. The first-order valence-electron chi connectivity index (χ1n) is 14.3. The lowest BCUT2D eigenvalue weighted by atomic mass is 9.36. The Bertz CT molecular complexity index is 1870. The van der Waals surface area contributed by atoms with E-state index in [0.717, 1.165) is 6.42 Å². The van der Waals surface area contributed by atoms with Crippen molar-refractivity contribution in [1.82, 2.24) is 4.57 Å². The molecule has 0 spiro atoms. The van der Waals surface area contributed by atoms with Crippen LogP contribution in [0.5, 0.6) is 0 Å². The lowest BCUT2D eigenvalue weighted by Gasteiger charge is -2.34. The minimum Gasteiger partial charge on any atom is -0.378 e. The third-order valence-electron chi connectivity index (χ3n) is 8.79. The topological polar surface area (TPSA) is 8.17 Å². The maximum absolute atomic E-state index is 2.62. The van der Waals surface area contributed by atoms with Gasteiger partial charge >= 0.3 is 0 Å². The Morgan fingerprint density at radius 1 is 0.825 bits per heavy atom. The molecule has 0 unspecified atom stereocenters. The predicted molar refractivity (Wildman–Crippen MR) is 175 cm³/mol. The summed E-state index contributed by atoms with van der Waals surface area (Å²) in [6.45, 7) is 2.35. The Morgan fingerprint density at radius 2 is 1.65 bits per heavy atom. The zero-order valence-corrected chi connectivity index (χ0v) is 24.8. The minimum atomic E-state index is 0.242. The largest absolute Gasteiger partial charge is 0.378 e. The van der Waals surface area contributed by atoms with E-state index >= 15 is 0 Å². The van der Waals surface area contributed by atoms with E-state index < -0.39 is 0 Å². The number of aromatic nitrogens is 1. The number of nitrogens with zero attached hydrogens (tertiary/aromatic N) is 2. The highest BCUT2D eigenvalue weighted by Crippen LogP contribution is 2.43. The highest BCUT2D eigenvalue weighted by molar-refractivity contribution is 8.01. The van der Waals surface area contributed by atoms with Gasteiger partial charge in [0.25, 0.3) is 0 Å². The van der Waals surface area contributed by atoms with Crippen LogP contribution in [-0.4, -0.2) is 25.4 Å². The molecule has 5 aromatic rings. The second kappa shape index (κ2) is 9.39. The summed E-state index contributed by atoms with van der Waals surface area (Å²) in [6.07, 6.45) is 9.30. The fourth-order valence-corrected chi connectivity index (χ4v) is 9.66. The van der Waals surface area contributed by atoms with E-state index in [-0.39, 0.29) is 6.71 Å². The van der Waals surface area contributed by atoms with Gasteiger partial charge in [0.2, 0.25) is 6.71 Å². The van der Waals surface area contributed by atoms with Crippen LogP contribution >= 0.6 is 23.5 Å². The molecule has 0 amide bonds. The van der Waals surface area contributed by atoms with Crippen LogP contribution in [0.15, 0.2) is 98.5 Å². The number of hydrogen-bond acceptors (Lipinski definition) is 3. The SMILES string of the molecule is C/C=C/c1cc2c3c(c1)Sc1c(cccc1-n1c4c(c5ccccc51)CCCC4)B3c1ccc(N(C)C)cc1S2. The number of hydrogen-bond donors (Lipinski definition) is 0. The van der Waals surface area contributed by atoms with Crippen molar-refractivity contribution in [2.24, 2.45) is 0 Å². The van der Waals surface area contributed by atoms with Gasteiger partial charge in [0.1, 0.15) is 0 Å². The van der Waals surface area contributed by atoms with E-state index in [0.29, 0.717) is 0 Å². The van der Waals surface area contributed by atoms with Crippen LogP contribution in [0.3, 0.4) is 0 Å². The average Bonchev–Trinajstić information content (AvgIpc) is 3.30. The van der Waals surface area contributed by atoms with Gasteiger partial charge < -0.3 is 9.47 Å². The molecule has 0 saturated heterocycles. The summed E-state index contributed by atoms with van der Waals surface area (Å²) in [4.78, 5) is 7.79. The van der Waals surface area contributed by atoms with Crippen molar-refractivity contribution < 1.29 is 0 Å². The van der Waals surface area contributed by atoms with Crippen molar-refractivity contribution in [1.29, 1.82) is 0 Å². The van der Waals surface area contributed by atoms with Crippen LogP contribution in [0, 0.1) is 0 Å². The molecule has 196 valence electrons. The average molecular weight is 555 g/mol. The van der Waals surface area contributed by atoms with E-state index in [1.807, 2.05) is 23.5 Å². The van der Waals surface area contributed by atoms with Crippen LogP contribution in [0.2, 0.25) is 0 Å². The Kier molecular flexibility index (Phi) is 5.76. The monoisotopic (exact) mass is 554 g/mol. The molecule has 0 fully saturated rings. The smallest absolute Gasteiger partial charge is 0.247 e. The molecule has 2 aliphatic heterocycles. The summed E-state index contributed by atoms with van der Waals surface area (Å²) in [5.74, 6) is 0. The quantitative estimate of drug-likeness (QED) is 0.217. The molecule has 8 rings (SSSR count). The van der Waals surface area contributed by atoms with E-state index in [2.05, 4.69) is 115 Å². The van der Waals surface area contributed by atoms with Crippen molar-refractivity contribution in [2.75, 3.05) is 19.0 Å². The van der Waals surface area contributed by atoms with Gasteiger partial charge in [-0.1, -0.05) is 83.0 Å². The molecule has 3 aliphatic rings. The van der Waals surface area contributed by atoms with E-state index in [1.165, 1.54) is 88.8 Å². The molecule has 40 heavy (non-hydrogen) atoms. The summed E-state index contributed by atoms with van der Waals surface area (Å²) in [5.41, 5.74) is 12.7. The number of rotatable bonds is 3. The van der Waals surface area contributed by atoms with Gasteiger partial charge in [-0.25, -0.2) is 0 Å². The Labute approximate surface area is 245 Å². The zero-order chi connectivity index (χ0) is 27.0. The van der Waals surface area contributed by atoms with E-state index in [9.17, 15) is 0 Å². The standard InChI is InChI=1S/C35H31BN2S2/c1-4-10-22-19-32-34-33(20-22)40-35-27(36(34)26-18-17-23(37(2)3)21-31(26)39-32)13-9-16-30(35)38-28-14-7-5-11-24(28)25-12-6-8-15-29(25)38/h4-5,7,9-11,13-14,16-21H,6,8,12,15H2,1-3H3/b10-4+. The minimum absolute atomic E-state index is 0.242. The molecule has 1 aromatic heterocycles. The van der Waals surface area contributed by atoms with Crippen molar-refractivity contribution in [3.8, 4) is 5.69 Å². The van der Waals surface area contributed by atoms with Gasteiger partial charge in [-0.3, -0.25) is 0 Å². The van der Waals surface area contributed by atoms with Gasteiger partial charge in [0.05, 0.1) is 11.2 Å². The summed E-state index contributed by atoms with van der Waals surface area (Å²) < 4.78 is 2.62. The van der Waals surface area contributed by atoms with Crippen molar-refractivity contribution in [3.63, 3.8) is 0 Å². The van der Waals surface area contributed by atoms with Crippen LogP contribution < -0.4 is 21.3 Å². The van der Waals surface area contributed by atoms with Gasteiger partial charge in [-0.2, -0.15) is 0 Å². The maximum Gasteiger partial charge on any atom is 0.247 e. The summed E-state index contributed by atoms with van der Waals surface area (Å²) in [5, 5.41) is 1.43. The van der Waals surface area contributed by atoms with Crippen LogP contribution in [0.25, 0.3) is 22.7 Å². The van der Waals surface area contributed by atoms with Gasteiger partial charge in [0.15, 0.2) is 0 Å². The molecule has 4 aromatic carbocycles. The molecule has 0 radical (unpaired) electrons. The summed E-state index contributed by atoms with van der Waals surface area (Å²) in [6, 6.07) is 28.0. The van der Waals surface area contributed by atoms with E-state index in [1.54, 1.807) is 5.56 Å². The number of allylic oxidation sites excluding steroid dienone is 1. The van der Waals surface area contributed by atoms with Gasteiger partial charge in [-0.15, -0.1) is 0 Å². The second-order valence-electron chi connectivity index (χ2n) is 11.4. The first-order valence-corrected chi connectivity index (χ1v) is 16.0. The third-order valence-corrected chi connectivity index (χ3v) is 11.1. The van der Waals surface area contributed by atoms with Crippen LogP contribution in [0.4, 0.5) is 5.69 Å². The van der Waals surface area contributed by atoms with Gasteiger partial charge in [0, 0.05) is 50.4 Å². The van der Waals surface area contributed by atoms with E-state index in [4.69, 9.17) is 0 Å². The molecular formula is C35H31BN2S2. The highest BCUT2D eigenvalue weighted by atomic mass is 32.2. The Morgan fingerprint density at radius 3 is 2.50 bits per heavy atom.